The van der Waals surface area contributed by atoms with Gasteiger partial charge in [0.1, 0.15) is 0 Å². The molecule has 15 heavy (non-hydrogen) atoms. The fourth-order valence-corrected chi connectivity index (χ4v) is 1.32. The second-order valence-electron chi connectivity index (χ2n) is 3.13. The van der Waals surface area contributed by atoms with E-state index in [1.807, 2.05) is 26.0 Å². The molecule has 1 aromatic carbocycles. The zero-order valence-corrected chi connectivity index (χ0v) is 9.28. The van der Waals surface area contributed by atoms with Crippen molar-refractivity contribution in [2.24, 2.45) is 4.99 Å². The van der Waals surface area contributed by atoms with Crippen LogP contribution in [0.25, 0.3) is 0 Å². The molecule has 0 heterocycles. The van der Waals surface area contributed by atoms with Crippen LogP contribution in [0, 0.1) is 0 Å². The Kier molecular flexibility index (Phi) is 4.03. The predicted molar refractivity (Wildman–Crippen MR) is 60.5 cm³/mol. The van der Waals surface area contributed by atoms with Gasteiger partial charge in [0.15, 0.2) is 0 Å². The number of esters is 1. The standard InChI is InChI=1S/C12H15NO2/c1-4-13-9(2)10-6-5-7-11(8-10)12(14)15-3/h5-8H,4H2,1-3H3. The Morgan fingerprint density at radius 3 is 2.67 bits per heavy atom. The normalized spacial score (nSPS) is 11.3. The van der Waals surface area contributed by atoms with Crippen LogP contribution < -0.4 is 0 Å². The van der Waals surface area contributed by atoms with Gasteiger partial charge in [-0.25, -0.2) is 4.79 Å². The van der Waals surface area contributed by atoms with Crippen molar-refractivity contribution in [3.8, 4) is 0 Å². The summed E-state index contributed by atoms with van der Waals surface area (Å²) in [7, 11) is 1.38. The van der Waals surface area contributed by atoms with E-state index in [4.69, 9.17) is 0 Å². The van der Waals surface area contributed by atoms with E-state index < -0.39 is 0 Å². The molecule has 0 radical (unpaired) electrons. The second-order valence-corrected chi connectivity index (χ2v) is 3.13. The number of benzene rings is 1. The maximum absolute atomic E-state index is 11.3. The first-order chi connectivity index (χ1) is 7.19. The molecule has 0 fully saturated rings. The fourth-order valence-electron chi connectivity index (χ4n) is 1.32. The maximum Gasteiger partial charge on any atom is 0.337 e. The van der Waals surface area contributed by atoms with Gasteiger partial charge in [0.25, 0.3) is 0 Å². The van der Waals surface area contributed by atoms with Gasteiger partial charge < -0.3 is 4.74 Å². The number of rotatable bonds is 3. The lowest BCUT2D eigenvalue weighted by Gasteiger charge is -2.03. The van der Waals surface area contributed by atoms with Crippen molar-refractivity contribution in [2.75, 3.05) is 13.7 Å². The Bertz CT molecular complexity index is 383. The topological polar surface area (TPSA) is 38.7 Å². The average molecular weight is 205 g/mol. The Labute approximate surface area is 89.8 Å². The van der Waals surface area contributed by atoms with Crippen LogP contribution >= 0.6 is 0 Å². The summed E-state index contributed by atoms with van der Waals surface area (Å²) in [5, 5.41) is 0. The first-order valence-corrected chi connectivity index (χ1v) is 4.88. The van der Waals surface area contributed by atoms with Crippen LogP contribution in [0.1, 0.15) is 29.8 Å². The molecule has 80 valence electrons. The highest BCUT2D eigenvalue weighted by atomic mass is 16.5. The van der Waals surface area contributed by atoms with Gasteiger partial charge >= 0.3 is 5.97 Å². The van der Waals surface area contributed by atoms with E-state index in [2.05, 4.69) is 9.73 Å². The summed E-state index contributed by atoms with van der Waals surface area (Å²) in [6.07, 6.45) is 0. The molecule has 1 rings (SSSR count). The lowest BCUT2D eigenvalue weighted by molar-refractivity contribution is 0.0600. The van der Waals surface area contributed by atoms with E-state index in [0.29, 0.717) is 5.56 Å². The monoisotopic (exact) mass is 205 g/mol. The van der Waals surface area contributed by atoms with Gasteiger partial charge in [-0.15, -0.1) is 0 Å². The molecule has 0 aromatic heterocycles. The molecule has 3 heteroatoms. The summed E-state index contributed by atoms with van der Waals surface area (Å²) in [6, 6.07) is 7.28. The van der Waals surface area contributed by atoms with E-state index >= 15 is 0 Å². The summed E-state index contributed by atoms with van der Waals surface area (Å²) >= 11 is 0. The van der Waals surface area contributed by atoms with Crippen LogP contribution in [-0.2, 0) is 4.74 Å². The molecule has 0 bridgehead atoms. The third-order valence-electron chi connectivity index (χ3n) is 2.10. The molecule has 0 atom stereocenters. The van der Waals surface area contributed by atoms with Gasteiger partial charge in [-0.3, -0.25) is 4.99 Å². The first-order valence-electron chi connectivity index (χ1n) is 4.88. The quantitative estimate of drug-likeness (QED) is 0.561. The fraction of sp³-hybridized carbons (Fsp3) is 0.333. The minimum Gasteiger partial charge on any atom is -0.465 e. The summed E-state index contributed by atoms with van der Waals surface area (Å²) < 4.78 is 4.65. The van der Waals surface area contributed by atoms with Crippen LogP contribution in [0.15, 0.2) is 29.3 Å². The molecule has 0 unspecified atom stereocenters. The van der Waals surface area contributed by atoms with Gasteiger partial charge in [-0.1, -0.05) is 12.1 Å². The first kappa shape index (κ1) is 11.4. The third-order valence-corrected chi connectivity index (χ3v) is 2.10. The van der Waals surface area contributed by atoms with Crippen molar-refractivity contribution >= 4 is 11.7 Å². The molecule has 0 aliphatic heterocycles. The van der Waals surface area contributed by atoms with Gasteiger partial charge in [0.2, 0.25) is 0 Å². The SMILES string of the molecule is CCN=C(C)c1cccc(C(=O)OC)c1. The zero-order valence-electron chi connectivity index (χ0n) is 9.28. The van der Waals surface area contributed by atoms with E-state index in [0.717, 1.165) is 17.8 Å². The minimum atomic E-state index is -0.318. The van der Waals surface area contributed by atoms with Gasteiger partial charge in [0.05, 0.1) is 12.7 Å². The average Bonchev–Trinajstić information content (AvgIpc) is 2.28. The van der Waals surface area contributed by atoms with E-state index in [-0.39, 0.29) is 5.97 Å². The summed E-state index contributed by atoms with van der Waals surface area (Å²) in [5.41, 5.74) is 2.45. The maximum atomic E-state index is 11.3. The number of methoxy groups -OCH3 is 1. The van der Waals surface area contributed by atoms with Crippen molar-refractivity contribution in [2.45, 2.75) is 13.8 Å². The Hall–Kier alpha value is -1.64. The number of nitrogens with zero attached hydrogens (tertiary/aromatic N) is 1. The Morgan fingerprint density at radius 2 is 2.07 bits per heavy atom. The largest absolute Gasteiger partial charge is 0.465 e. The lowest BCUT2D eigenvalue weighted by Crippen LogP contribution is -2.03. The molecule has 0 aliphatic rings. The van der Waals surface area contributed by atoms with Crippen LogP contribution in [-0.4, -0.2) is 25.3 Å². The highest BCUT2D eigenvalue weighted by Gasteiger charge is 2.06. The van der Waals surface area contributed by atoms with Crippen molar-refractivity contribution in [1.82, 2.24) is 0 Å². The predicted octanol–water partition coefficient (Wildman–Crippen LogP) is 2.30. The molecule has 0 aliphatic carbocycles. The van der Waals surface area contributed by atoms with E-state index in [1.54, 1.807) is 12.1 Å². The van der Waals surface area contributed by atoms with Gasteiger partial charge in [-0.05, 0) is 31.5 Å². The van der Waals surface area contributed by atoms with E-state index in [9.17, 15) is 4.79 Å². The molecular formula is C12H15NO2. The van der Waals surface area contributed by atoms with Crippen molar-refractivity contribution < 1.29 is 9.53 Å². The number of hydrogen-bond acceptors (Lipinski definition) is 3. The number of carbonyl (C=O) groups excluding carboxylic acids is 1. The summed E-state index contributed by atoms with van der Waals surface area (Å²) in [4.78, 5) is 15.6. The Balaban J connectivity index is 3.02. The molecule has 0 N–H and O–H groups in total. The van der Waals surface area contributed by atoms with Gasteiger partial charge in [-0.2, -0.15) is 0 Å². The number of carbonyl (C=O) groups is 1. The lowest BCUT2D eigenvalue weighted by atomic mass is 10.1. The van der Waals surface area contributed by atoms with Crippen LogP contribution in [0.4, 0.5) is 0 Å². The van der Waals surface area contributed by atoms with E-state index in [1.165, 1.54) is 7.11 Å². The number of hydrogen-bond donors (Lipinski definition) is 0. The molecular weight excluding hydrogens is 190 g/mol. The summed E-state index contributed by atoms with van der Waals surface area (Å²) in [6.45, 7) is 4.65. The van der Waals surface area contributed by atoms with Crippen LogP contribution in [0.5, 0.6) is 0 Å². The number of aliphatic imine (C=N–C) groups is 1. The molecule has 0 saturated carbocycles. The van der Waals surface area contributed by atoms with Crippen LogP contribution in [0.2, 0.25) is 0 Å². The molecule has 1 aromatic rings. The minimum absolute atomic E-state index is 0.318. The molecule has 0 spiro atoms. The molecule has 0 amide bonds. The van der Waals surface area contributed by atoms with Crippen molar-refractivity contribution in [3.63, 3.8) is 0 Å². The molecule has 0 saturated heterocycles. The second kappa shape index (κ2) is 5.29. The highest BCUT2D eigenvalue weighted by molar-refractivity contribution is 6.01. The third kappa shape index (κ3) is 2.91. The highest BCUT2D eigenvalue weighted by Crippen LogP contribution is 2.07. The summed E-state index contributed by atoms with van der Waals surface area (Å²) in [5.74, 6) is -0.318. The number of ether oxygens (including phenoxy) is 1. The van der Waals surface area contributed by atoms with Crippen molar-refractivity contribution in [1.29, 1.82) is 0 Å². The molecule has 3 nitrogen and oxygen atoms in total. The Morgan fingerprint density at radius 1 is 1.40 bits per heavy atom. The van der Waals surface area contributed by atoms with Crippen molar-refractivity contribution in [3.05, 3.63) is 35.4 Å². The van der Waals surface area contributed by atoms with Gasteiger partial charge in [0, 0.05) is 12.3 Å². The zero-order chi connectivity index (χ0) is 11.3. The van der Waals surface area contributed by atoms with Crippen LogP contribution in [0.3, 0.4) is 0 Å². The smallest absolute Gasteiger partial charge is 0.337 e.